The summed E-state index contributed by atoms with van der Waals surface area (Å²) >= 11 is 1.45. The van der Waals surface area contributed by atoms with Gasteiger partial charge in [-0.15, -0.1) is 0 Å². The maximum absolute atomic E-state index is 15.0. The summed E-state index contributed by atoms with van der Waals surface area (Å²) < 4.78 is 6.16. The first-order valence-electron chi connectivity index (χ1n) is 36.9. The van der Waals surface area contributed by atoms with Gasteiger partial charge in [-0.3, -0.25) is 52.7 Å². The van der Waals surface area contributed by atoms with E-state index < -0.39 is 202 Å². The lowest BCUT2D eigenvalue weighted by molar-refractivity contribution is -0.149. The number of aliphatic hydroxyl groups excluding tert-OH is 6. The summed E-state index contributed by atoms with van der Waals surface area (Å²) in [5.74, 6) is -8.44. The molecule has 0 aromatic heterocycles. The summed E-state index contributed by atoms with van der Waals surface area (Å²) in [6.07, 6.45) is -4.39. The van der Waals surface area contributed by atoms with Gasteiger partial charge in [0, 0.05) is 51.7 Å². The predicted molar refractivity (Wildman–Crippen MR) is 390 cm³/mol. The molecule has 11 amide bonds. The first-order chi connectivity index (χ1) is 50.0. The van der Waals surface area contributed by atoms with Gasteiger partial charge in [-0.2, -0.15) is 11.8 Å². The highest BCUT2D eigenvalue weighted by Crippen LogP contribution is 2.26. The minimum Gasteiger partial charge on any atom is -0.508 e. The molecule has 0 radical (unpaired) electrons. The van der Waals surface area contributed by atoms with Crippen molar-refractivity contribution in [1.82, 2.24) is 57.7 Å². The monoisotopic (exact) mass is 1500 g/mol. The molecule has 0 spiro atoms. The summed E-state index contributed by atoms with van der Waals surface area (Å²) in [5, 5.41) is 103. The molecule has 2 aromatic carbocycles. The first-order valence-corrected chi connectivity index (χ1v) is 38.3. The van der Waals surface area contributed by atoms with Gasteiger partial charge in [0.25, 0.3) is 0 Å². The lowest BCUT2D eigenvalue weighted by Crippen LogP contribution is -2.64. The molecule has 3 saturated heterocycles. The number of unbranched alkanes of at least 4 members (excludes halogenated alkanes) is 5. The number of carbonyl (C=O) groups is 11. The third-order valence-electron chi connectivity index (χ3n) is 19.4. The van der Waals surface area contributed by atoms with Gasteiger partial charge in [-0.05, 0) is 105 Å². The predicted octanol–water partition coefficient (Wildman–Crippen LogP) is -1.09. The van der Waals surface area contributed by atoms with Crippen molar-refractivity contribution in [2.75, 3.05) is 44.8 Å². The molecule has 31 nitrogen and oxygen atoms in total. The number of aliphatic hydroxyl groups is 6. The standard InChI is InChI=1S/C73H116N12O19S/c1-8-43(4)35-44(5)18-14-11-9-10-12-17-21-59(94)77-53-39-58(93)71(104-32-30-75-64(95)52(36-46-19-15-13-16-20-46)79-66(97)51(34-42(2)3)78-65(96)50(76-41-86)28-33-105-7)83-70(101)63-56(91)27-31-84(63)73(103)62(55(90)26-29-74)82-69(100)61(57(92)37-47-22-24-48(88)25-23-47)81-68(99)54-38-49(89)40-85(54)72(102)60(45(6)87)80-67(53)98/h13,15-16,19-20,22-25,41-45,49-58,60-63,71,87-93H,8-12,14,17-18,21,26-40,74H2,1-7H3,(H,75,95)(H,76,86)(H,77,94)(H,78,96)(H,79,97)(H,80,98)(H,81,99)(H,82,100)(H,83,101). The molecule has 3 aliphatic heterocycles. The van der Waals surface area contributed by atoms with E-state index in [-0.39, 0.29) is 56.7 Å². The lowest BCUT2D eigenvalue weighted by Gasteiger charge is -2.34. The van der Waals surface area contributed by atoms with E-state index in [1.165, 1.54) is 36.0 Å². The maximum Gasteiger partial charge on any atom is 0.248 e. The van der Waals surface area contributed by atoms with Crippen LogP contribution in [0.5, 0.6) is 5.75 Å². The number of hydrogen-bond acceptors (Lipinski definition) is 21. The van der Waals surface area contributed by atoms with Gasteiger partial charge in [-0.1, -0.05) is 122 Å². The Labute approximate surface area is 619 Å². The molecule has 18 N–H and O–H groups in total. The Kier molecular flexibility index (Phi) is 37.9. The number of phenols is 1. The van der Waals surface area contributed by atoms with Crippen LogP contribution in [0, 0.1) is 17.8 Å². The summed E-state index contributed by atoms with van der Waals surface area (Å²) in [6.45, 7) is 9.25. The topological polar surface area (TPSA) is 479 Å². The Hall–Kier alpha value is -7.56. The van der Waals surface area contributed by atoms with E-state index in [1.807, 2.05) is 20.1 Å². The molecule has 3 fully saturated rings. The molecule has 0 bridgehead atoms. The van der Waals surface area contributed by atoms with Crippen molar-refractivity contribution in [3.05, 3.63) is 65.7 Å². The summed E-state index contributed by atoms with van der Waals surface area (Å²) in [7, 11) is 0. The molecule has 3 heterocycles. The average molecular weight is 1500 g/mol. The van der Waals surface area contributed by atoms with Gasteiger partial charge in [0.15, 0.2) is 6.23 Å². The summed E-state index contributed by atoms with van der Waals surface area (Å²) in [6, 6.07) is -0.800. The van der Waals surface area contributed by atoms with Gasteiger partial charge in [0.2, 0.25) is 65.5 Å². The zero-order valence-corrected chi connectivity index (χ0v) is 62.4. The molecule has 588 valence electrons. The van der Waals surface area contributed by atoms with E-state index in [0.717, 1.165) is 61.7 Å². The van der Waals surface area contributed by atoms with E-state index in [1.54, 1.807) is 30.3 Å². The van der Waals surface area contributed by atoms with E-state index in [4.69, 9.17) is 10.5 Å². The Morgan fingerprint density at radius 1 is 0.667 bits per heavy atom. The fourth-order valence-corrected chi connectivity index (χ4v) is 13.8. The number of benzene rings is 2. The van der Waals surface area contributed by atoms with Gasteiger partial charge < -0.3 is 104 Å². The van der Waals surface area contributed by atoms with Crippen LogP contribution in [0.25, 0.3) is 0 Å². The van der Waals surface area contributed by atoms with Crippen LogP contribution in [0.3, 0.4) is 0 Å². The van der Waals surface area contributed by atoms with Gasteiger partial charge in [-0.25, -0.2) is 0 Å². The number of phenolic OH excluding ortho intramolecular Hbond substituents is 1. The molecule has 105 heavy (non-hydrogen) atoms. The number of carbonyl (C=O) groups excluding carboxylic acids is 11. The van der Waals surface area contributed by atoms with Crippen LogP contribution in [-0.2, 0) is 70.3 Å². The van der Waals surface area contributed by atoms with Gasteiger partial charge >= 0.3 is 0 Å². The molecule has 5 rings (SSSR count). The second-order valence-corrected chi connectivity index (χ2v) is 29.6. The smallest absolute Gasteiger partial charge is 0.248 e. The number of thioether (sulfide) groups is 1. The third-order valence-corrected chi connectivity index (χ3v) is 20.0. The highest BCUT2D eigenvalue weighted by Gasteiger charge is 2.49. The maximum atomic E-state index is 15.0. The third kappa shape index (κ3) is 28.6. The fraction of sp³-hybridized carbons (Fsp3) is 0.685. The lowest BCUT2D eigenvalue weighted by atomic mass is 9.91. The Balaban J connectivity index is 1.54. The quantitative estimate of drug-likeness (QED) is 0.0280. The average Bonchev–Trinajstić information content (AvgIpc) is 1.68. The van der Waals surface area contributed by atoms with E-state index >= 15 is 4.79 Å². The van der Waals surface area contributed by atoms with Crippen molar-refractivity contribution >= 4 is 77.2 Å². The minimum atomic E-state index is -2.07. The second-order valence-electron chi connectivity index (χ2n) is 28.6. The van der Waals surface area contributed by atoms with Crippen LogP contribution < -0.4 is 53.6 Å². The van der Waals surface area contributed by atoms with Crippen molar-refractivity contribution in [3.63, 3.8) is 0 Å². The van der Waals surface area contributed by atoms with Crippen LogP contribution in [0.2, 0.25) is 0 Å². The molecule has 0 aliphatic carbocycles. The zero-order valence-electron chi connectivity index (χ0n) is 61.6. The summed E-state index contributed by atoms with van der Waals surface area (Å²) in [4.78, 5) is 159. The number of fused-ring (bicyclic) bond motifs is 2. The van der Waals surface area contributed by atoms with Crippen molar-refractivity contribution in [2.45, 2.75) is 254 Å². The molecular weight excluding hydrogens is 1380 g/mol. The highest BCUT2D eigenvalue weighted by molar-refractivity contribution is 7.98. The SMILES string of the molecule is CCC(C)CC(C)CCCCCCCCC(=O)NC1CC(O)C(OCCNC(=O)C(Cc2ccccc2)NC(=O)C(CC(C)C)NC(=O)C(CCSC)NC=O)NC(=O)C2C(O)CCN2C(=O)C(C(O)CCN)NC(=O)C(C(O)Cc2ccc(O)cc2)NC(=O)C2CC(O)CN2C(=O)C(C(C)O)NC1=O. The second kappa shape index (κ2) is 45.2. The van der Waals surface area contributed by atoms with Crippen molar-refractivity contribution in [1.29, 1.82) is 0 Å². The Morgan fingerprint density at radius 3 is 1.94 bits per heavy atom. The number of amides is 11. The molecule has 18 atom stereocenters. The number of aromatic hydroxyl groups is 1. The fourth-order valence-electron chi connectivity index (χ4n) is 13.3. The van der Waals surface area contributed by atoms with Crippen LogP contribution in [0.1, 0.15) is 155 Å². The summed E-state index contributed by atoms with van der Waals surface area (Å²) in [5.41, 5.74) is 6.82. The molecule has 2 aromatic rings. The number of ether oxygens (including phenoxy) is 1. The largest absolute Gasteiger partial charge is 0.508 e. The molecule has 0 saturated carbocycles. The van der Waals surface area contributed by atoms with Crippen LogP contribution in [0.4, 0.5) is 0 Å². The van der Waals surface area contributed by atoms with Gasteiger partial charge in [0.05, 0.1) is 37.1 Å². The molecule has 3 aliphatic rings. The Bertz CT molecular complexity index is 3110. The first kappa shape index (κ1) is 88.1. The molecule has 32 heteroatoms. The van der Waals surface area contributed by atoms with E-state index in [0.29, 0.717) is 48.0 Å². The molecular formula is C73H116N12O19S. The Morgan fingerprint density at radius 2 is 1.30 bits per heavy atom. The van der Waals surface area contributed by atoms with E-state index in [2.05, 4.69) is 68.6 Å². The number of rotatable bonds is 38. The normalized spacial score (nSPS) is 24.5. The number of hydrogen-bond donors (Lipinski definition) is 17. The minimum absolute atomic E-state index is 0.0667. The number of nitrogens with one attached hydrogen (secondary N) is 9. The highest BCUT2D eigenvalue weighted by atomic mass is 32.2. The number of nitrogens with zero attached hydrogens (tertiary/aromatic N) is 2. The zero-order chi connectivity index (χ0) is 77.4. The van der Waals surface area contributed by atoms with Gasteiger partial charge in [0.1, 0.15) is 66.2 Å². The van der Waals surface area contributed by atoms with E-state index in [9.17, 15) is 83.7 Å². The number of nitrogens with two attached hydrogens (primary N) is 1. The van der Waals surface area contributed by atoms with Crippen molar-refractivity contribution < 1.29 is 93.2 Å². The van der Waals surface area contributed by atoms with Crippen LogP contribution in [0.15, 0.2) is 54.6 Å². The van der Waals surface area contributed by atoms with Crippen LogP contribution in [-0.4, -0.2) is 253 Å². The van der Waals surface area contributed by atoms with Crippen molar-refractivity contribution in [2.24, 2.45) is 23.5 Å². The van der Waals surface area contributed by atoms with Crippen molar-refractivity contribution in [3.8, 4) is 5.75 Å². The van der Waals surface area contributed by atoms with Crippen LogP contribution >= 0.6 is 11.8 Å². The molecule has 18 unspecified atom stereocenters.